The number of amides is 1. The molecule has 1 amide bonds. The lowest BCUT2D eigenvalue weighted by Gasteiger charge is -2.07. The van der Waals surface area contributed by atoms with E-state index in [1.54, 1.807) is 0 Å². The third-order valence-corrected chi connectivity index (χ3v) is 4.49. The van der Waals surface area contributed by atoms with Crippen molar-refractivity contribution < 1.29 is 26.9 Å². The van der Waals surface area contributed by atoms with E-state index in [0.717, 1.165) is 18.8 Å². The van der Waals surface area contributed by atoms with E-state index in [1.165, 1.54) is 11.1 Å². The molecule has 1 aromatic carbocycles. The molecule has 0 saturated heterocycles. The average molecular weight is 310 g/mol. The highest BCUT2D eigenvalue weighted by Gasteiger charge is 2.63. The van der Waals surface area contributed by atoms with Crippen LogP contribution in [-0.2, 0) is 11.2 Å². The van der Waals surface area contributed by atoms with E-state index in [9.17, 15) is 4.79 Å². The number of nitrogens with two attached hydrogens (primary N) is 2. The summed E-state index contributed by atoms with van der Waals surface area (Å²) < 4.78 is 5.60. The normalized spacial score (nSPS) is 24.3. The van der Waals surface area contributed by atoms with Gasteiger partial charge in [0, 0.05) is 17.9 Å². The van der Waals surface area contributed by atoms with Crippen LogP contribution in [0.2, 0.25) is 0 Å². The second-order valence-corrected chi connectivity index (χ2v) is 6.14. The maximum absolute atomic E-state index is 12.2. The van der Waals surface area contributed by atoms with Crippen LogP contribution in [0.25, 0.3) is 0 Å². The summed E-state index contributed by atoms with van der Waals surface area (Å²) in [7, 11) is 0. The summed E-state index contributed by atoms with van der Waals surface area (Å²) in [4.78, 5) is 14.7. The molecule has 5 N–H and O–H groups in total. The van der Waals surface area contributed by atoms with Gasteiger partial charge in [-0.3, -0.25) is 16.3 Å². The zero-order valence-electron chi connectivity index (χ0n) is 12.2. The predicted molar refractivity (Wildman–Crippen MR) is 75.0 cm³/mol. The highest BCUT2D eigenvalue weighted by molar-refractivity contribution is 5.82. The molecule has 5 nitrogen and oxygen atoms in total. The molecule has 0 spiro atoms. The van der Waals surface area contributed by atoms with E-state index in [2.05, 4.69) is 24.9 Å². The first-order valence-electron chi connectivity index (χ1n) is 6.86. The topological polar surface area (TPSA) is 92.3 Å². The molecule has 2 aliphatic rings. The van der Waals surface area contributed by atoms with Crippen LogP contribution >= 0.6 is 0 Å². The number of rotatable bonds is 2. The van der Waals surface area contributed by atoms with Gasteiger partial charge < -0.3 is 17.1 Å². The number of fused-ring (bicyclic) bond motifs is 1. The van der Waals surface area contributed by atoms with Crippen LogP contribution in [-0.4, -0.2) is 18.5 Å². The highest BCUT2D eigenvalue weighted by atomic mass is 35.5. The first-order chi connectivity index (χ1) is 9.43. The summed E-state index contributed by atoms with van der Waals surface area (Å²) in [6.07, 6.45) is 0.914. The van der Waals surface area contributed by atoms with Gasteiger partial charge in [-0.15, -0.1) is 0 Å². The molecule has 1 aliphatic carbocycles. The number of guanidine groups is 1. The number of carbonyl (C=O) groups excluding carboxylic acids is 1. The Labute approximate surface area is 130 Å². The molecule has 0 radical (unpaired) electrons. The summed E-state index contributed by atoms with van der Waals surface area (Å²) in [6, 6.07) is 6.08. The van der Waals surface area contributed by atoms with Gasteiger partial charge in [-0.2, -0.15) is 0 Å². The summed E-state index contributed by atoms with van der Waals surface area (Å²) in [5.74, 6) is 0.902. The van der Waals surface area contributed by atoms with E-state index in [0.29, 0.717) is 0 Å². The zero-order chi connectivity index (χ0) is 14.5. The van der Waals surface area contributed by atoms with E-state index >= 15 is 0 Å². The van der Waals surface area contributed by atoms with Gasteiger partial charge in [0.15, 0.2) is 0 Å². The molecule has 0 bridgehead atoms. The van der Waals surface area contributed by atoms with Crippen molar-refractivity contribution in [2.45, 2.75) is 26.2 Å². The summed E-state index contributed by atoms with van der Waals surface area (Å²) in [6.45, 7) is 4.92. The highest BCUT2D eigenvalue weighted by Crippen LogP contribution is 2.65. The van der Waals surface area contributed by atoms with Gasteiger partial charge in [-0.25, -0.2) is 4.99 Å². The molecule has 2 atom stereocenters. The molecule has 1 aromatic rings. The first-order valence-corrected chi connectivity index (χ1v) is 6.86. The quantitative estimate of drug-likeness (QED) is 0.386. The molecule has 6 heteroatoms. The number of nitrogens with one attached hydrogen (secondary N) is 1. The molecular formula is C15H20ClN3O2. The molecule has 114 valence electrons. The average Bonchev–Trinajstić information content (AvgIpc) is 2.73. The van der Waals surface area contributed by atoms with E-state index in [-0.39, 0.29) is 41.5 Å². The largest absolute Gasteiger partial charge is 1.00 e. The number of ether oxygens (including phenoxy) is 1. The lowest BCUT2D eigenvalue weighted by atomic mass is 9.96. The number of hydrogen-bond donors (Lipinski definition) is 3. The molecule has 0 unspecified atom stereocenters. The van der Waals surface area contributed by atoms with Crippen LogP contribution in [0.3, 0.4) is 0 Å². The molecule has 1 fully saturated rings. The SMILES string of the molecule is CC1(C)[C@H](C(=O)[NH+]=C(N)N)[C@H]1c1cccc2c1CCO2.[Cl-]. The second-order valence-electron chi connectivity index (χ2n) is 6.14. The lowest BCUT2D eigenvalue weighted by Crippen LogP contribution is -3.00. The van der Waals surface area contributed by atoms with E-state index in [1.807, 2.05) is 12.1 Å². The summed E-state index contributed by atoms with van der Waals surface area (Å²) in [5, 5.41) is 0. The van der Waals surface area contributed by atoms with Crippen LogP contribution in [0, 0.1) is 11.3 Å². The van der Waals surface area contributed by atoms with Gasteiger partial charge in [0.05, 0.1) is 12.5 Å². The molecule has 1 aliphatic heterocycles. The Hall–Kier alpha value is -1.75. The smallest absolute Gasteiger partial charge is 0.346 e. The van der Waals surface area contributed by atoms with Gasteiger partial charge in [0.1, 0.15) is 5.75 Å². The Balaban J connectivity index is 0.00000161. The molecule has 21 heavy (non-hydrogen) atoms. The van der Waals surface area contributed by atoms with Crippen molar-refractivity contribution in [3.05, 3.63) is 29.3 Å². The molecule has 3 rings (SSSR count). The van der Waals surface area contributed by atoms with Gasteiger partial charge in [0.25, 0.3) is 5.91 Å². The fourth-order valence-electron chi connectivity index (χ4n) is 3.47. The Morgan fingerprint density at radius 3 is 2.76 bits per heavy atom. The van der Waals surface area contributed by atoms with Crippen molar-refractivity contribution in [2.24, 2.45) is 22.8 Å². The maximum atomic E-state index is 12.2. The van der Waals surface area contributed by atoms with Crippen molar-refractivity contribution in [1.29, 1.82) is 0 Å². The second kappa shape index (κ2) is 5.22. The van der Waals surface area contributed by atoms with Gasteiger partial charge in [-0.05, 0) is 17.0 Å². The Kier molecular flexibility index (Phi) is 3.89. The number of hydrogen-bond acceptors (Lipinski definition) is 2. The third kappa shape index (κ3) is 2.46. The van der Waals surface area contributed by atoms with Crippen LogP contribution < -0.4 is 33.6 Å². The fourth-order valence-corrected chi connectivity index (χ4v) is 3.47. The van der Waals surface area contributed by atoms with Crippen LogP contribution in [0.5, 0.6) is 5.75 Å². The fraction of sp³-hybridized carbons (Fsp3) is 0.467. The number of carbonyl (C=O) groups is 1. The Bertz CT molecular complexity index is 609. The Morgan fingerprint density at radius 1 is 1.38 bits per heavy atom. The molecule has 1 heterocycles. The third-order valence-electron chi connectivity index (χ3n) is 4.49. The van der Waals surface area contributed by atoms with Crippen molar-refractivity contribution in [2.75, 3.05) is 6.61 Å². The standard InChI is InChI=1S/C15H19N3O2.ClH/c1-15(2)11(12(15)13(19)18-14(16)17)9-4-3-5-10-8(9)6-7-20-10;/h3-5,11-12H,6-7H2,1-2H3,(H4,16,17,18,19);1H/t11-,12+;/m1./s1. The minimum atomic E-state index is -0.100. The number of halogens is 1. The first kappa shape index (κ1) is 15.6. The monoisotopic (exact) mass is 309 g/mol. The lowest BCUT2D eigenvalue weighted by molar-refractivity contribution is -0.382. The minimum absolute atomic E-state index is 0. The van der Waals surface area contributed by atoms with Crippen LogP contribution in [0.1, 0.15) is 30.9 Å². The van der Waals surface area contributed by atoms with Crippen LogP contribution in [0.15, 0.2) is 18.2 Å². The maximum Gasteiger partial charge on any atom is 0.346 e. The summed E-state index contributed by atoms with van der Waals surface area (Å²) in [5.41, 5.74) is 13.1. The van der Waals surface area contributed by atoms with Crippen molar-refractivity contribution in [3.63, 3.8) is 0 Å². The van der Waals surface area contributed by atoms with Crippen molar-refractivity contribution in [1.82, 2.24) is 0 Å². The molecule has 1 saturated carbocycles. The van der Waals surface area contributed by atoms with E-state index < -0.39 is 0 Å². The minimum Gasteiger partial charge on any atom is -1.00 e. The van der Waals surface area contributed by atoms with Crippen molar-refractivity contribution >= 4 is 11.9 Å². The Morgan fingerprint density at radius 2 is 2.10 bits per heavy atom. The van der Waals surface area contributed by atoms with Crippen molar-refractivity contribution in [3.8, 4) is 5.75 Å². The van der Waals surface area contributed by atoms with Gasteiger partial charge in [0.2, 0.25) is 0 Å². The number of benzene rings is 1. The van der Waals surface area contributed by atoms with E-state index in [4.69, 9.17) is 16.2 Å². The molecular weight excluding hydrogens is 290 g/mol. The predicted octanol–water partition coefficient (Wildman–Crippen LogP) is -3.75. The van der Waals surface area contributed by atoms with Gasteiger partial charge >= 0.3 is 5.96 Å². The van der Waals surface area contributed by atoms with Gasteiger partial charge in [-0.1, -0.05) is 26.0 Å². The van der Waals surface area contributed by atoms with Crippen LogP contribution in [0.4, 0.5) is 0 Å². The zero-order valence-corrected chi connectivity index (χ0v) is 12.9. The molecule has 0 aromatic heterocycles. The summed E-state index contributed by atoms with van der Waals surface area (Å²) >= 11 is 0.